The van der Waals surface area contributed by atoms with Gasteiger partial charge in [-0.25, -0.2) is 0 Å². The zero-order chi connectivity index (χ0) is 11.5. The van der Waals surface area contributed by atoms with E-state index in [9.17, 15) is 4.79 Å². The maximum atomic E-state index is 11.7. The number of hydrogen-bond donors (Lipinski definition) is 1. The third kappa shape index (κ3) is 2.55. The SMILES string of the molecule is O=C(Nc1ccncc1Br)c1nnc(Cl)s1. The minimum atomic E-state index is -0.351. The Morgan fingerprint density at radius 1 is 1.50 bits per heavy atom. The molecule has 0 fully saturated rings. The highest BCUT2D eigenvalue weighted by Gasteiger charge is 2.13. The van der Waals surface area contributed by atoms with E-state index in [0.717, 1.165) is 11.3 Å². The highest BCUT2D eigenvalue weighted by Crippen LogP contribution is 2.22. The van der Waals surface area contributed by atoms with Crippen LogP contribution in [0, 0.1) is 0 Å². The summed E-state index contributed by atoms with van der Waals surface area (Å²) in [6.45, 7) is 0. The molecule has 8 heteroatoms. The Morgan fingerprint density at radius 2 is 2.31 bits per heavy atom. The summed E-state index contributed by atoms with van der Waals surface area (Å²) in [7, 11) is 0. The van der Waals surface area contributed by atoms with Gasteiger partial charge in [0.15, 0.2) is 0 Å². The number of hydrogen-bond acceptors (Lipinski definition) is 5. The van der Waals surface area contributed by atoms with Crippen LogP contribution in [0.2, 0.25) is 4.47 Å². The van der Waals surface area contributed by atoms with Crippen LogP contribution in [0.15, 0.2) is 22.9 Å². The first-order chi connectivity index (χ1) is 7.66. The van der Waals surface area contributed by atoms with Crippen molar-refractivity contribution in [3.05, 3.63) is 32.4 Å². The fourth-order valence-electron chi connectivity index (χ4n) is 0.949. The predicted octanol–water partition coefficient (Wildman–Crippen LogP) is 2.60. The number of halogens is 2. The fraction of sp³-hybridized carbons (Fsp3) is 0. The van der Waals surface area contributed by atoms with Crippen molar-refractivity contribution in [2.75, 3.05) is 5.32 Å². The highest BCUT2D eigenvalue weighted by atomic mass is 79.9. The molecule has 1 N–H and O–H groups in total. The largest absolute Gasteiger partial charge is 0.319 e. The van der Waals surface area contributed by atoms with Crippen LogP contribution >= 0.6 is 38.9 Å². The van der Waals surface area contributed by atoms with Gasteiger partial charge in [0.1, 0.15) is 0 Å². The summed E-state index contributed by atoms with van der Waals surface area (Å²) in [6, 6.07) is 1.67. The van der Waals surface area contributed by atoms with Crippen LogP contribution in [0.1, 0.15) is 9.80 Å². The summed E-state index contributed by atoms with van der Waals surface area (Å²) in [6.07, 6.45) is 3.16. The molecule has 0 aromatic carbocycles. The van der Waals surface area contributed by atoms with Gasteiger partial charge >= 0.3 is 0 Å². The normalized spacial score (nSPS) is 10.1. The van der Waals surface area contributed by atoms with Crippen molar-refractivity contribution in [1.29, 1.82) is 0 Å². The van der Waals surface area contributed by atoms with Gasteiger partial charge in [-0.05, 0) is 33.6 Å². The number of nitrogens with one attached hydrogen (secondary N) is 1. The summed E-state index contributed by atoms with van der Waals surface area (Å²) in [5.41, 5.74) is 0.617. The van der Waals surface area contributed by atoms with Crippen molar-refractivity contribution in [1.82, 2.24) is 15.2 Å². The van der Waals surface area contributed by atoms with Crippen LogP contribution in [-0.2, 0) is 0 Å². The lowest BCUT2D eigenvalue weighted by molar-refractivity contribution is 0.102. The smallest absolute Gasteiger partial charge is 0.286 e. The van der Waals surface area contributed by atoms with Crippen LogP contribution < -0.4 is 5.32 Å². The molecule has 0 atom stereocenters. The average Bonchev–Trinajstić information content (AvgIpc) is 2.68. The van der Waals surface area contributed by atoms with Crippen molar-refractivity contribution >= 4 is 50.5 Å². The Hall–Kier alpha value is -1.05. The standard InChI is InChI=1S/C8H4BrClN4OS/c9-4-3-11-2-1-5(4)12-6(15)7-13-14-8(10)16-7/h1-3H,(H,11,12,15). The molecule has 2 rings (SSSR count). The van der Waals surface area contributed by atoms with Gasteiger partial charge in [-0.3, -0.25) is 9.78 Å². The second-order valence-electron chi connectivity index (χ2n) is 2.67. The Labute approximate surface area is 108 Å². The van der Waals surface area contributed by atoms with Gasteiger partial charge in [-0.1, -0.05) is 11.3 Å². The van der Waals surface area contributed by atoms with E-state index in [2.05, 4.69) is 36.4 Å². The molecule has 0 spiro atoms. The Bertz CT molecular complexity index is 532. The number of pyridine rings is 1. The third-order valence-electron chi connectivity index (χ3n) is 1.62. The molecule has 0 radical (unpaired) electrons. The Morgan fingerprint density at radius 3 is 2.94 bits per heavy atom. The number of carbonyl (C=O) groups is 1. The van der Waals surface area contributed by atoms with Gasteiger partial charge in [0, 0.05) is 12.4 Å². The molecule has 0 aliphatic rings. The number of carbonyl (C=O) groups excluding carboxylic acids is 1. The first-order valence-electron chi connectivity index (χ1n) is 4.06. The van der Waals surface area contributed by atoms with E-state index in [1.807, 2.05) is 0 Å². The van der Waals surface area contributed by atoms with Crippen molar-refractivity contribution < 1.29 is 4.79 Å². The lowest BCUT2D eigenvalue weighted by Gasteiger charge is -2.03. The first-order valence-corrected chi connectivity index (χ1v) is 6.05. The van der Waals surface area contributed by atoms with Gasteiger partial charge in [-0.15, -0.1) is 10.2 Å². The number of anilines is 1. The monoisotopic (exact) mass is 318 g/mol. The molecule has 1 amide bonds. The van der Waals surface area contributed by atoms with Gasteiger partial charge < -0.3 is 5.32 Å². The van der Waals surface area contributed by atoms with Crippen molar-refractivity contribution in [2.45, 2.75) is 0 Å². The predicted molar refractivity (Wildman–Crippen MR) is 64.8 cm³/mol. The molecule has 0 bridgehead atoms. The third-order valence-corrected chi connectivity index (χ3v) is 3.26. The molecule has 0 saturated heterocycles. The summed E-state index contributed by atoms with van der Waals surface area (Å²) < 4.78 is 0.929. The maximum absolute atomic E-state index is 11.7. The molecule has 2 heterocycles. The van der Waals surface area contributed by atoms with Gasteiger partial charge in [0.05, 0.1) is 10.2 Å². The zero-order valence-electron chi connectivity index (χ0n) is 7.65. The molecule has 0 aliphatic carbocycles. The van der Waals surface area contributed by atoms with Crippen molar-refractivity contribution in [2.24, 2.45) is 0 Å². The maximum Gasteiger partial charge on any atom is 0.286 e. The van der Waals surface area contributed by atoms with Crippen molar-refractivity contribution in [3.8, 4) is 0 Å². The minimum absolute atomic E-state index is 0.216. The van der Waals surface area contributed by atoms with E-state index < -0.39 is 0 Å². The highest BCUT2D eigenvalue weighted by molar-refractivity contribution is 9.10. The number of aromatic nitrogens is 3. The Kier molecular flexibility index (Phi) is 3.47. The molecule has 0 unspecified atom stereocenters. The van der Waals surface area contributed by atoms with Gasteiger partial charge in [0.2, 0.25) is 9.47 Å². The zero-order valence-corrected chi connectivity index (χ0v) is 10.8. The number of nitrogens with zero attached hydrogens (tertiary/aromatic N) is 3. The molecule has 2 aromatic rings. The van der Waals surface area contributed by atoms with Crippen LogP contribution in [0.25, 0.3) is 0 Å². The second-order valence-corrected chi connectivity index (χ2v) is 5.08. The van der Waals surface area contributed by atoms with E-state index in [0.29, 0.717) is 10.2 Å². The molecule has 0 saturated carbocycles. The minimum Gasteiger partial charge on any atom is -0.319 e. The van der Waals surface area contributed by atoms with Crippen LogP contribution in [-0.4, -0.2) is 21.1 Å². The molecular formula is C8H4BrClN4OS. The van der Waals surface area contributed by atoms with E-state index in [1.54, 1.807) is 18.5 Å². The van der Waals surface area contributed by atoms with Crippen LogP contribution in [0.5, 0.6) is 0 Å². The Balaban J connectivity index is 2.17. The quantitative estimate of drug-likeness (QED) is 0.924. The fourth-order valence-corrected chi connectivity index (χ4v) is 2.02. The summed E-state index contributed by atoms with van der Waals surface area (Å²) in [5, 5.41) is 10.1. The summed E-state index contributed by atoms with van der Waals surface area (Å²) in [4.78, 5) is 15.6. The van der Waals surface area contributed by atoms with Gasteiger partial charge in [-0.2, -0.15) is 0 Å². The van der Waals surface area contributed by atoms with Crippen LogP contribution in [0.4, 0.5) is 5.69 Å². The lowest BCUT2D eigenvalue weighted by Crippen LogP contribution is -2.12. The van der Waals surface area contributed by atoms with Crippen LogP contribution in [0.3, 0.4) is 0 Å². The van der Waals surface area contributed by atoms with E-state index in [-0.39, 0.29) is 15.4 Å². The molecule has 16 heavy (non-hydrogen) atoms. The van der Waals surface area contributed by atoms with E-state index in [1.165, 1.54) is 0 Å². The topological polar surface area (TPSA) is 67.8 Å². The van der Waals surface area contributed by atoms with E-state index in [4.69, 9.17) is 11.6 Å². The first kappa shape index (κ1) is 11.4. The number of rotatable bonds is 2. The summed E-state index contributed by atoms with van der Waals surface area (Å²) >= 11 is 9.87. The second kappa shape index (κ2) is 4.86. The van der Waals surface area contributed by atoms with Gasteiger partial charge in [0.25, 0.3) is 5.91 Å². The van der Waals surface area contributed by atoms with Crippen molar-refractivity contribution in [3.63, 3.8) is 0 Å². The lowest BCUT2D eigenvalue weighted by atomic mass is 10.4. The van der Waals surface area contributed by atoms with E-state index >= 15 is 0 Å². The average molecular weight is 320 g/mol. The molecule has 2 aromatic heterocycles. The number of amides is 1. The molecular weight excluding hydrogens is 316 g/mol. The summed E-state index contributed by atoms with van der Waals surface area (Å²) in [5.74, 6) is -0.351. The molecule has 82 valence electrons. The molecule has 0 aliphatic heterocycles. The molecule has 5 nitrogen and oxygen atoms in total.